The third-order valence-corrected chi connectivity index (χ3v) is 7.35. The molecule has 1 aliphatic heterocycles. The van der Waals surface area contributed by atoms with Crippen LogP contribution in [0.5, 0.6) is 0 Å². The fourth-order valence-electron chi connectivity index (χ4n) is 5.77. The van der Waals surface area contributed by atoms with Crippen LogP contribution in [-0.2, 0) is 19.1 Å². The van der Waals surface area contributed by atoms with Crippen molar-refractivity contribution >= 4 is 23.6 Å². The fraction of sp³-hybridized carbons (Fsp3) is 0.500. The maximum absolute atomic E-state index is 12.9. The molecule has 5 aliphatic rings. The van der Waals surface area contributed by atoms with E-state index in [0.29, 0.717) is 17.4 Å². The van der Waals surface area contributed by atoms with Crippen LogP contribution in [0.3, 0.4) is 0 Å². The maximum atomic E-state index is 12.9. The van der Waals surface area contributed by atoms with Crippen molar-refractivity contribution in [3.05, 3.63) is 47.0 Å². The predicted octanol–water partition coefficient (Wildman–Crippen LogP) is 2.47. The van der Waals surface area contributed by atoms with Crippen molar-refractivity contribution in [3.63, 3.8) is 0 Å². The van der Waals surface area contributed by atoms with Gasteiger partial charge in [0, 0.05) is 12.1 Å². The number of allylic oxidation sites excluding steroid dienone is 2. The number of likely N-dealkylation sites (tertiary alicyclic amines) is 1. The summed E-state index contributed by atoms with van der Waals surface area (Å²) in [4.78, 5) is 51.6. The molecule has 6 nitrogen and oxygen atoms in total. The molecule has 6 rings (SSSR count). The van der Waals surface area contributed by atoms with Gasteiger partial charge in [0.2, 0.25) is 17.6 Å². The number of rotatable bonds is 6. The normalized spacial score (nSPS) is 32.8. The van der Waals surface area contributed by atoms with E-state index in [2.05, 4.69) is 12.2 Å². The number of ether oxygens (including phenoxy) is 1. The molecule has 1 saturated heterocycles. The zero-order valence-corrected chi connectivity index (χ0v) is 17.2. The average molecular weight is 407 g/mol. The van der Waals surface area contributed by atoms with Gasteiger partial charge in [-0.05, 0) is 55.6 Å². The number of carbonyl (C=O) groups excluding carboxylic acids is 4. The molecular formula is C24H25NO5. The summed E-state index contributed by atoms with van der Waals surface area (Å²) in [5, 5.41) is 0. The first-order chi connectivity index (χ1) is 14.4. The molecule has 1 heterocycles. The van der Waals surface area contributed by atoms with E-state index in [1.807, 2.05) is 26.0 Å². The van der Waals surface area contributed by atoms with E-state index in [1.165, 1.54) is 4.90 Å². The molecule has 0 aromatic heterocycles. The SMILES string of the molecule is Cc1ccc(C)c(C(=O)COC(=O)CCN2C(=O)[C@@H]3[C@H]4C=C[C@@H]([C@@H]5C[C@H]45)[C@H]3C2=O)c1. The summed E-state index contributed by atoms with van der Waals surface area (Å²) in [5.74, 6) is -0.168. The van der Waals surface area contributed by atoms with E-state index in [1.54, 1.807) is 6.07 Å². The van der Waals surface area contributed by atoms with Crippen molar-refractivity contribution in [1.82, 2.24) is 4.90 Å². The molecule has 156 valence electrons. The second kappa shape index (κ2) is 6.89. The standard InChI is InChI=1S/C24H25NO5/c1-12-3-4-13(2)16(9-12)19(26)11-30-20(27)7-8-25-23(28)21-14-5-6-15(18-10-17(14)18)22(21)24(25)29/h3-6,9,14-15,17-18,21-22H,7-8,10-11H2,1-2H3/t14-,15-,17-,18+,21+,22+/m0/s1. The van der Waals surface area contributed by atoms with Gasteiger partial charge in [0.1, 0.15) is 0 Å². The number of imide groups is 1. The lowest BCUT2D eigenvalue weighted by molar-refractivity contribution is -0.145. The second-order valence-corrected chi connectivity index (χ2v) is 9.13. The number of ketones is 1. The third-order valence-electron chi connectivity index (χ3n) is 7.35. The van der Waals surface area contributed by atoms with Crippen LogP contribution >= 0.6 is 0 Å². The Bertz CT molecular complexity index is 959. The first kappa shape index (κ1) is 19.2. The van der Waals surface area contributed by atoms with E-state index in [0.717, 1.165) is 17.5 Å². The summed E-state index contributed by atoms with van der Waals surface area (Å²) in [6, 6.07) is 5.56. The number of esters is 1. The van der Waals surface area contributed by atoms with Gasteiger partial charge in [-0.3, -0.25) is 24.1 Å². The lowest BCUT2D eigenvalue weighted by Gasteiger charge is -2.37. The number of aryl methyl sites for hydroxylation is 2. The van der Waals surface area contributed by atoms with Crippen LogP contribution < -0.4 is 0 Å². The first-order valence-corrected chi connectivity index (χ1v) is 10.7. The lowest BCUT2D eigenvalue weighted by atomic mass is 9.63. The van der Waals surface area contributed by atoms with Gasteiger partial charge in [0.25, 0.3) is 0 Å². The number of hydrogen-bond donors (Lipinski definition) is 0. The first-order valence-electron chi connectivity index (χ1n) is 10.7. The van der Waals surface area contributed by atoms with Gasteiger partial charge in [-0.25, -0.2) is 0 Å². The van der Waals surface area contributed by atoms with E-state index in [9.17, 15) is 19.2 Å². The maximum Gasteiger partial charge on any atom is 0.308 e. The number of hydrogen-bond acceptors (Lipinski definition) is 5. The largest absolute Gasteiger partial charge is 0.457 e. The van der Waals surface area contributed by atoms with Gasteiger partial charge in [0.15, 0.2) is 6.61 Å². The smallest absolute Gasteiger partial charge is 0.308 e. The molecule has 2 saturated carbocycles. The topological polar surface area (TPSA) is 80.8 Å². The van der Waals surface area contributed by atoms with Crippen LogP contribution in [0, 0.1) is 49.4 Å². The zero-order valence-electron chi connectivity index (χ0n) is 17.2. The molecule has 6 atom stereocenters. The molecule has 0 N–H and O–H groups in total. The highest BCUT2D eigenvalue weighted by molar-refractivity contribution is 6.06. The van der Waals surface area contributed by atoms with Crippen LogP contribution in [0.15, 0.2) is 30.4 Å². The lowest BCUT2D eigenvalue weighted by Crippen LogP contribution is -2.40. The molecule has 0 unspecified atom stereocenters. The Balaban J connectivity index is 1.17. The average Bonchev–Trinajstić information content (AvgIpc) is 3.51. The Morgan fingerprint density at radius 3 is 2.30 bits per heavy atom. The Morgan fingerprint density at radius 2 is 1.67 bits per heavy atom. The fourth-order valence-corrected chi connectivity index (χ4v) is 5.77. The van der Waals surface area contributed by atoms with Crippen molar-refractivity contribution in [3.8, 4) is 0 Å². The molecule has 4 aliphatic carbocycles. The van der Waals surface area contributed by atoms with Gasteiger partial charge >= 0.3 is 5.97 Å². The van der Waals surface area contributed by atoms with Crippen molar-refractivity contribution in [2.24, 2.45) is 35.5 Å². The zero-order chi connectivity index (χ0) is 21.2. The van der Waals surface area contributed by atoms with Crippen molar-refractivity contribution < 1.29 is 23.9 Å². The summed E-state index contributed by atoms with van der Waals surface area (Å²) in [6.45, 7) is 3.42. The molecule has 6 heteroatoms. The van der Waals surface area contributed by atoms with E-state index < -0.39 is 5.97 Å². The molecule has 30 heavy (non-hydrogen) atoms. The molecule has 0 radical (unpaired) electrons. The minimum atomic E-state index is -0.576. The molecule has 0 spiro atoms. The molecule has 1 aromatic carbocycles. The third kappa shape index (κ3) is 2.92. The van der Waals surface area contributed by atoms with Gasteiger partial charge < -0.3 is 4.74 Å². The summed E-state index contributed by atoms with van der Waals surface area (Å²) in [7, 11) is 0. The number of nitrogens with zero attached hydrogens (tertiary/aromatic N) is 1. The van der Waals surface area contributed by atoms with Crippen LogP contribution in [0.1, 0.15) is 34.3 Å². The van der Waals surface area contributed by atoms with Crippen molar-refractivity contribution in [2.45, 2.75) is 26.7 Å². The number of carbonyl (C=O) groups is 4. The number of Topliss-reactive ketones (excluding diaryl/α,β-unsaturated/α-hetero) is 1. The summed E-state index contributed by atoms with van der Waals surface area (Å²) >= 11 is 0. The van der Waals surface area contributed by atoms with Gasteiger partial charge in [-0.15, -0.1) is 0 Å². The monoisotopic (exact) mass is 407 g/mol. The molecule has 1 aromatic rings. The predicted molar refractivity (Wildman–Crippen MR) is 107 cm³/mol. The van der Waals surface area contributed by atoms with Gasteiger partial charge in [0.05, 0.1) is 18.3 Å². The van der Waals surface area contributed by atoms with Gasteiger partial charge in [-0.1, -0.05) is 29.8 Å². The Morgan fingerprint density at radius 1 is 1.03 bits per heavy atom. The number of benzene rings is 1. The summed E-state index contributed by atoms with van der Waals surface area (Å²) in [6.07, 6.45) is 5.28. The van der Waals surface area contributed by atoms with Crippen LogP contribution in [0.2, 0.25) is 0 Å². The Hall–Kier alpha value is -2.76. The summed E-state index contributed by atoms with van der Waals surface area (Å²) < 4.78 is 5.13. The van der Waals surface area contributed by atoms with E-state index in [-0.39, 0.29) is 60.8 Å². The Labute approximate surface area is 175 Å². The van der Waals surface area contributed by atoms with Crippen LogP contribution in [-0.4, -0.2) is 41.6 Å². The van der Waals surface area contributed by atoms with Crippen molar-refractivity contribution in [2.75, 3.05) is 13.2 Å². The minimum absolute atomic E-state index is 0.0237. The molecule has 2 amide bonds. The van der Waals surface area contributed by atoms with E-state index in [4.69, 9.17) is 4.74 Å². The highest BCUT2D eigenvalue weighted by Gasteiger charge is 2.66. The minimum Gasteiger partial charge on any atom is -0.457 e. The summed E-state index contributed by atoms with van der Waals surface area (Å²) in [5.41, 5.74) is 2.33. The van der Waals surface area contributed by atoms with Crippen LogP contribution in [0.25, 0.3) is 0 Å². The van der Waals surface area contributed by atoms with E-state index >= 15 is 0 Å². The quantitative estimate of drug-likeness (QED) is 0.313. The number of amides is 2. The molecule has 2 bridgehead atoms. The Kier molecular flexibility index (Phi) is 4.42. The highest BCUT2D eigenvalue weighted by Crippen LogP contribution is 2.65. The van der Waals surface area contributed by atoms with Crippen molar-refractivity contribution in [1.29, 1.82) is 0 Å². The second-order valence-electron chi connectivity index (χ2n) is 9.13. The van der Waals surface area contributed by atoms with Crippen LogP contribution in [0.4, 0.5) is 0 Å². The van der Waals surface area contributed by atoms with Gasteiger partial charge in [-0.2, -0.15) is 0 Å². The molecule has 3 fully saturated rings. The highest BCUT2D eigenvalue weighted by atomic mass is 16.5. The molecular weight excluding hydrogens is 382 g/mol.